The van der Waals surface area contributed by atoms with E-state index in [2.05, 4.69) is 4.90 Å². The van der Waals surface area contributed by atoms with E-state index < -0.39 is 0 Å². The number of anilines is 1. The normalized spacial score (nSPS) is 27.1. The first-order chi connectivity index (χ1) is 12.2. The van der Waals surface area contributed by atoms with Crippen molar-refractivity contribution in [1.82, 2.24) is 4.90 Å². The van der Waals surface area contributed by atoms with Gasteiger partial charge in [-0.05, 0) is 63.0 Å². The smallest absolute Gasteiger partial charge is 0.209 e. The molecule has 1 unspecified atom stereocenters. The first-order valence-electron chi connectivity index (χ1n) is 9.56. The highest BCUT2D eigenvalue weighted by Crippen LogP contribution is 2.28. The summed E-state index contributed by atoms with van der Waals surface area (Å²) in [5.41, 5.74) is 0.695. The molecule has 0 radical (unpaired) electrons. The molecule has 2 fully saturated rings. The molecule has 1 aromatic carbocycles. The van der Waals surface area contributed by atoms with Gasteiger partial charge in [0.2, 0.25) is 6.41 Å². The second-order valence-electron chi connectivity index (χ2n) is 7.50. The molecular formula is C20H29FN2O2. The van der Waals surface area contributed by atoms with Crippen molar-refractivity contribution in [1.29, 1.82) is 0 Å². The van der Waals surface area contributed by atoms with Crippen LogP contribution in [0.1, 0.15) is 44.9 Å². The lowest BCUT2D eigenvalue weighted by Gasteiger charge is -2.37. The summed E-state index contributed by atoms with van der Waals surface area (Å²) in [6.07, 6.45) is 7.31. The molecule has 1 N–H and O–H groups in total. The number of amides is 1. The van der Waals surface area contributed by atoms with E-state index in [1.165, 1.54) is 6.07 Å². The lowest BCUT2D eigenvalue weighted by molar-refractivity contribution is -0.121. The number of halogens is 1. The van der Waals surface area contributed by atoms with E-state index in [1.807, 2.05) is 17.0 Å². The Morgan fingerprint density at radius 1 is 1.20 bits per heavy atom. The third-order valence-electron chi connectivity index (χ3n) is 5.78. The van der Waals surface area contributed by atoms with Gasteiger partial charge in [0, 0.05) is 25.7 Å². The monoisotopic (exact) mass is 348 g/mol. The van der Waals surface area contributed by atoms with E-state index >= 15 is 0 Å². The van der Waals surface area contributed by atoms with Gasteiger partial charge in [0.25, 0.3) is 0 Å². The van der Waals surface area contributed by atoms with E-state index in [0.717, 1.165) is 71.0 Å². The lowest BCUT2D eigenvalue weighted by Crippen LogP contribution is -2.41. The molecule has 1 amide bonds. The Bertz CT molecular complexity index is 560. The zero-order valence-corrected chi connectivity index (χ0v) is 14.8. The van der Waals surface area contributed by atoms with E-state index in [-0.39, 0.29) is 18.0 Å². The van der Waals surface area contributed by atoms with Gasteiger partial charge < -0.3 is 14.9 Å². The van der Waals surface area contributed by atoms with Gasteiger partial charge in [-0.1, -0.05) is 12.1 Å². The van der Waals surface area contributed by atoms with E-state index in [4.69, 9.17) is 0 Å². The number of carbonyl (C=O) groups is 1. The third-order valence-corrected chi connectivity index (χ3v) is 5.78. The number of para-hydroxylation sites is 1. The Morgan fingerprint density at radius 2 is 1.96 bits per heavy atom. The highest BCUT2D eigenvalue weighted by atomic mass is 19.1. The molecule has 138 valence electrons. The van der Waals surface area contributed by atoms with Crippen molar-refractivity contribution < 1.29 is 14.3 Å². The van der Waals surface area contributed by atoms with Crippen molar-refractivity contribution in [3.8, 4) is 0 Å². The predicted octanol–water partition coefficient (Wildman–Crippen LogP) is 3.19. The Hall–Kier alpha value is -1.62. The molecule has 1 atom stereocenters. The van der Waals surface area contributed by atoms with Crippen molar-refractivity contribution in [2.24, 2.45) is 5.92 Å². The molecule has 5 heteroatoms. The van der Waals surface area contributed by atoms with Crippen molar-refractivity contribution in [3.05, 3.63) is 30.1 Å². The van der Waals surface area contributed by atoms with E-state index in [0.29, 0.717) is 11.6 Å². The van der Waals surface area contributed by atoms with Crippen LogP contribution in [0.4, 0.5) is 10.1 Å². The zero-order valence-electron chi connectivity index (χ0n) is 14.8. The molecule has 1 saturated heterocycles. The number of aliphatic hydroxyl groups is 1. The summed E-state index contributed by atoms with van der Waals surface area (Å²) in [5, 5.41) is 9.63. The van der Waals surface area contributed by atoms with Crippen LogP contribution in [0.5, 0.6) is 0 Å². The van der Waals surface area contributed by atoms with Crippen LogP contribution in [-0.2, 0) is 4.79 Å². The van der Waals surface area contributed by atoms with Gasteiger partial charge in [-0.3, -0.25) is 4.79 Å². The fourth-order valence-corrected chi connectivity index (χ4v) is 4.27. The molecule has 1 aliphatic heterocycles. The Kier molecular flexibility index (Phi) is 6.29. The van der Waals surface area contributed by atoms with Crippen LogP contribution in [0.2, 0.25) is 0 Å². The average molecular weight is 348 g/mol. The molecule has 0 bridgehead atoms. The Morgan fingerprint density at radius 3 is 2.68 bits per heavy atom. The largest absolute Gasteiger partial charge is 0.393 e. The molecule has 1 aromatic rings. The molecular weight excluding hydrogens is 319 g/mol. The number of benzene rings is 1. The number of piperidine rings is 1. The second-order valence-corrected chi connectivity index (χ2v) is 7.50. The number of aliphatic hydroxyl groups excluding tert-OH is 1. The topological polar surface area (TPSA) is 43.8 Å². The highest BCUT2D eigenvalue weighted by molar-refractivity contribution is 5.48. The third kappa shape index (κ3) is 4.72. The Labute approximate surface area is 149 Å². The minimum atomic E-state index is -0.197. The van der Waals surface area contributed by atoms with Crippen LogP contribution >= 0.6 is 0 Å². The molecule has 2 aliphatic rings. The number of hydrogen-bond acceptors (Lipinski definition) is 3. The molecule has 1 aliphatic carbocycles. The fourth-order valence-electron chi connectivity index (χ4n) is 4.27. The SMILES string of the molecule is O=CN(CCC1CCCN(c2ccccc2F)C1)C1CCC(O)CC1. The molecule has 0 aromatic heterocycles. The van der Waals surface area contributed by atoms with Crippen LogP contribution in [0.3, 0.4) is 0 Å². The summed E-state index contributed by atoms with van der Waals surface area (Å²) in [4.78, 5) is 15.6. The molecule has 4 nitrogen and oxygen atoms in total. The molecule has 25 heavy (non-hydrogen) atoms. The number of hydrogen-bond donors (Lipinski definition) is 1. The molecule has 1 heterocycles. The maximum Gasteiger partial charge on any atom is 0.209 e. The standard InChI is InChI=1S/C20H29FN2O2/c21-19-5-1-2-6-20(19)22-12-3-4-16(14-22)11-13-23(15-24)17-7-9-18(25)10-8-17/h1-2,5-6,15-18,25H,3-4,7-14H2. The zero-order chi connectivity index (χ0) is 17.6. The van der Waals surface area contributed by atoms with Gasteiger partial charge >= 0.3 is 0 Å². The van der Waals surface area contributed by atoms with Gasteiger partial charge in [-0.2, -0.15) is 0 Å². The van der Waals surface area contributed by atoms with Crippen molar-refractivity contribution in [2.75, 3.05) is 24.5 Å². The molecule has 0 spiro atoms. The van der Waals surface area contributed by atoms with Gasteiger partial charge in [0.05, 0.1) is 11.8 Å². The maximum absolute atomic E-state index is 14.0. The summed E-state index contributed by atoms with van der Waals surface area (Å²) in [5.74, 6) is 0.336. The predicted molar refractivity (Wildman–Crippen MR) is 97.0 cm³/mol. The average Bonchev–Trinajstić information content (AvgIpc) is 2.64. The quantitative estimate of drug-likeness (QED) is 0.803. The highest BCUT2D eigenvalue weighted by Gasteiger charge is 2.26. The van der Waals surface area contributed by atoms with Gasteiger partial charge in [0.15, 0.2) is 0 Å². The van der Waals surface area contributed by atoms with Crippen LogP contribution < -0.4 is 4.90 Å². The van der Waals surface area contributed by atoms with Crippen LogP contribution in [0, 0.1) is 11.7 Å². The fraction of sp³-hybridized carbons (Fsp3) is 0.650. The van der Waals surface area contributed by atoms with Gasteiger partial charge in [0.1, 0.15) is 5.82 Å². The first-order valence-corrected chi connectivity index (χ1v) is 9.56. The van der Waals surface area contributed by atoms with Crippen molar-refractivity contribution in [2.45, 2.75) is 57.1 Å². The second kappa shape index (κ2) is 8.65. The maximum atomic E-state index is 14.0. The summed E-state index contributed by atoms with van der Waals surface area (Å²) in [6.45, 7) is 2.52. The summed E-state index contributed by atoms with van der Waals surface area (Å²) in [7, 11) is 0. The van der Waals surface area contributed by atoms with Crippen molar-refractivity contribution in [3.63, 3.8) is 0 Å². The van der Waals surface area contributed by atoms with Crippen LogP contribution in [-0.4, -0.2) is 48.2 Å². The van der Waals surface area contributed by atoms with Gasteiger partial charge in [-0.15, -0.1) is 0 Å². The van der Waals surface area contributed by atoms with Crippen LogP contribution in [0.15, 0.2) is 24.3 Å². The minimum Gasteiger partial charge on any atom is -0.393 e. The lowest BCUT2D eigenvalue weighted by atomic mass is 9.90. The first kappa shape index (κ1) is 18.2. The number of rotatable bonds is 6. The minimum absolute atomic E-state index is 0.154. The molecule has 3 rings (SSSR count). The van der Waals surface area contributed by atoms with E-state index in [9.17, 15) is 14.3 Å². The van der Waals surface area contributed by atoms with Crippen LogP contribution in [0.25, 0.3) is 0 Å². The van der Waals surface area contributed by atoms with Crippen molar-refractivity contribution >= 4 is 12.1 Å². The number of nitrogens with zero attached hydrogens (tertiary/aromatic N) is 2. The summed E-state index contributed by atoms with van der Waals surface area (Å²) >= 11 is 0. The summed E-state index contributed by atoms with van der Waals surface area (Å²) in [6, 6.07) is 7.25. The molecule has 1 saturated carbocycles. The van der Waals surface area contributed by atoms with Gasteiger partial charge in [-0.25, -0.2) is 4.39 Å². The summed E-state index contributed by atoms with van der Waals surface area (Å²) < 4.78 is 14.0. The number of carbonyl (C=O) groups excluding carboxylic acids is 1. The van der Waals surface area contributed by atoms with E-state index in [1.54, 1.807) is 6.07 Å². The Balaban J connectivity index is 1.52.